The highest BCUT2D eigenvalue weighted by atomic mass is 32.1. The first-order chi connectivity index (χ1) is 18.9. The molecule has 0 spiro atoms. The van der Waals surface area contributed by atoms with Crippen molar-refractivity contribution in [2.24, 2.45) is 11.8 Å². The van der Waals surface area contributed by atoms with Crippen molar-refractivity contribution in [3.05, 3.63) is 87.5 Å². The lowest BCUT2D eigenvalue weighted by Crippen LogP contribution is -2.57. The number of imide groups is 1. The Bertz CT molecular complexity index is 1670. The molecule has 0 bridgehead atoms. The number of nitrogens with zero attached hydrogens (tertiary/aromatic N) is 3. The minimum absolute atomic E-state index is 0.0143. The van der Waals surface area contributed by atoms with Crippen LogP contribution < -0.4 is 5.32 Å². The third kappa shape index (κ3) is 3.85. The molecule has 9 nitrogen and oxygen atoms in total. The Balaban J connectivity index is 1.45. The second kappa shape index (κ2) is 9.45. The highest BCUT2D eigenvalue weighted by molar-refractivity contribution is 7.09. The van der Waals surface area contributed by atoms with E-state index in [-0.39, 0.29) is 13.0 Å². The number of likely N-dealkylation sites (tertiary alicyclic amines) is 1. The van der Waals surface area contributed by atoms with Crippen LogP contribution in [0.1, 0.15) is 33.3 Å². The Morgan fingerprint density at radius 1 is 1.18 bits per heavy atom. The van der Waals surface area contributed by atoms with E-state index < -0.39 is 41.2 Å². The Labute approximate surface area is 228 Å². The lowest BCUT2D eigenvalue weighted by atomic mass is 9.76. The summed E-state index contributed by atoms with van der Waals surface area (Å²) in [6.45, 7) is 2.02. The average Bonchev–Trinajstić information content (AvgIpc) is 3.69. The molecule has 4 atom stereocenters. The predicted octanol–water partition coefficient (Wildman–Crippen LogP) is 3.36. The number of aryl methyl sites for hydroxylation is 1. The number of hydrogen-bond acceptors (Lipinski definition) is 7. The number of nitrogens with one attached hydrogen (secondary N) is 2. The van der Waals surface area contributed by atoms with Crippen molar-refractivity contribution in [1.29, 1.82) is 5.26 Å². The van der Waals surface area contributed by atoms with E-state index in [1.165, 1.54) is 16.2 Å². The zero-order chi connectivity index (χ0) is 27.3. The molecule has 2 fully saturated rings. The van der Waals surface area contributed by atoms with E-state index in [9.17, 15) is 24.8 Å². The maximum Gasteiger partial charge on any atom is 0.325 e. The number of carboxylic acid groups (broad SMARTS) is 1. The van der Waals surface area contributed by atoms with Gasteiger partial charge in [-0.05, 0) is 30.2 Å². The van der Waals surface area contributed by atoms with Gasteiger partial charge in [0.1, 0.15) is 5.54 Å². The summed E-state index contributed by atoms with van der Waals surface area (Å²) in [5.41, 5.74) is 3.24. The van der Waals surface area contributed by atoms with E-state index in [0.29, 0.717) is 17.5 Å². The summed E-state index contributed by atoms with van der Waals surface area (Å²) in [5, 5.41) is 24.6. The maximum absolute atomic E-state index is 14.0. The molecular formula is C29H25N5O4S. The number of hydrogen-bond donors (Lipinski definition) is 3. The van der Waals surface area contributed by atoms with E-state index in [2.05, 4.69) is 21.4 Å². The van der Waals surface area contributed by atoms with Crippen LogP contribution in [-0.4, -0.2) is 49.8 Å². The SMILES string of the molecule is Cc1ncsc1CCN1C(=O)C2C(c3ccccc3C#N)NC(Cc3c[nH]c4ccccc34)(C(=O)O)C2C1=O. The van der Waals surface area contributed by atoms with Crippen LogP contribution in [0.5, 0.6) is 0 Å². The highest BCUT2D eigenvalue weighted by Gasteiger charge is 2.68. The topological polar surface area (TPSA) is 139 Å². The molecule has 0 saturated carbocycles. The number of H-pyrrole nitrogens is 1. The number of aliphatic carboxylic acids is 1. The fraction of sp³-hybridized carbons (Fsp3) is 0.276. The number of rotatable bonds is 7. The molecule has 2 saturated heterocycles. The monoisotopic (exact) mass is 539 g/mol. The van der Waals surface area contributed by atoms with Gasteiger partial charge in [0.15, 0.2) is 0 Å². The van der Waals surface area contributed by atoms with Crippen molar-refractivity contribution in [2.75, 3.05) is 6.54 Å². The van der Waals surface area contributed by atoms with Gasteiger partial charge in [0.25, 0.3) is 0 Å². The number of aromatic nitrogens is 2. The minimum atomic E-state index is -1.76. The van der Waals surface area contributed by atoms with E-state index in [4.69, 9.17) is 0 Å². The van der Waals surface area contributed by atoms with Crippen LogP contribution in [0.15, 0.2) is 60.2 Å². The third-order valence-electron chi connectivity index (χ3n) is 8.09. The van der Waals surface area contributed by atoms with E-state index in [1.807, 2.05) is 31.2 Å². The Morgan fingerprint density at radius 2 is 1.95 bits per heavy atom. The van der Waals surface area contributed by atoms with Crippen LogP contribution in [0.3, 0.4) is 0 Å². The highest BCUT2D eigenvalue weighted by Crippen LogP contribution is 2.51. The van der Waals surface area contributed by atoms with Gasteiger partial charge < -0.3 is 10.1 Å². The molecule has 0 radical (unpaired) electrons. The van der Waals surface area contributed by atoms with Crippen LogP contribution in [0.2, 0.25) is 0 Å². The van der Waals surface area contributed by atoms with Crippen molar-refractivity contribution in [2.45, 2.75) is 31.3 Å². The summed E-state index contributed by atoms with van der Waals surface area (Å²) < 4.78 is 0. The number of fused-ring (bicyclic) bond motifs is 2. The fourth-order valence-corrected chi connectivity index (χ4v) is 6.98. The molecule has 2 aliphatic heterocycles. The van der Waals surface area contributed by atoms with E-state index in [1.54, 1.807) is 36.0 Å². The second-order valence-corrected chi connectivity index (χ2v) is 11.0. The maximum atomic E-state index is 14.0. The normalized spacial score (nSPS) is 24.3. The summed E-state index contributed by atoms with van der Waals surface area (Å²) in [6.07, 6.45) is 2.19. The molecule has 4 heterocycles. The largest absolute Gasteiger partial charge is 0.480 e. The summed E-state index contributed by atoms with van der Waals surface area (Å²) in [6, 6.07) is 15.7. The predicted molar refractivity (Wildman–Crippen MR) is 144 cm³/mol. The zero-order valence-corrected chi connectivity index (χ0v) is 21.9. The van der Waals surface area contributed by atoms with Crippen LogP contribution in [0.4, 0.5) is 0 Å². The molecule has 4 aromatic rings. The van der Waals surface area contributed by atoms with Crippen molar-refractivity contribution < 1.29 is 19.5 Å². The van der Waals surface area contributed by atoms with Crippen molar-refractivity contribution in [1.82, 2.24) is 20.2 Å². The number of carbonyl (C=O) groups is 3. The first-order valence-electron chi connectivity index (χ1n) is 12.6. The molecule has 2 aliphatic rings. The van der Waals surface area contributed by atoms with Crippen molar-refractivity contribution in [3.8, 4) is 6.07 Å². The third-order valence-corrected chi connectivity index (χ3v) is 9.09. The van der Waals surface area contributed by atoms with Gasteiger partial charge in [0, 0.05) is 47.4 Å². The standard InChI is InChI=1S/C29H25N5O4S/c1-16-22(39-15-32-16)10-11-34-26(35)23-24(27(34)36)29(28(37)38,12-18-14-31-21-9-5-4-7-19(18)21)33-25(23)20-8-3-2-6-17(20)13-30/h2-9,14-15,23-25,31,33H,10-12H2,1H3,(H,37,38). The Morgan fingerprint density at radius 3 is 2.69 bits per heavy atom. The number of carboxylic acids is 1. The average molecular weight is 540 g/mol. The Hall–Kier alpha value is -4.33. The minimum Gasteiger partial charge on any atom is -0.480 e. The molecule has 10 heteroatoms. The van der Waals surface area contributed by atoms with Gasteiger partial charge in [-0.25, -0.2) is 4.98 Å². The lowest BCUT2D eigenvalue weighted by Gasteiger charge is -2.31. The van der Waals surface area contributed by atoms with Crippen LogP contribution in [0, 0.1) is 30.1 Å². The quantitative estimate of drug-likeness (QED) is 0.306. The van der Waals surface area contributed by atoms with Gasteiger partial charge in [0.05, 0.1) is 34.7 Å². The first-order valence-corrected chi connectivity index (χ1v) is 13.5. The summed E-state index contributed by atoms with van der Waals surface area (Å²) >= 11 is 1.46. The zero-order valence-electron chi connectivity index (χ0n) is 21.0. The van der Waals surface area contributed by atoms with Gasteiger partial charge in [-0.2, -0.15) is 5.26 Å². The van der Waals surface area contributed by atoms with Gasteiger partial charge in [-0.15, -0.1) is 11.3 Å². The second-order valence-electron chi connectivity index (χ2n) is 10.1. The number of thiazole rings is 1. The molecule has 196 valence electrons. The Kier molecular flexibility index (Phi) is 6.05. The molecule has 4 unspecified atom stereocenters. The summed E-state index contributed by atoms with van der Waals surface area (Å²) in [5.74, 6) is -4.23. The molecule has 2 amide bonds. The molecule has 6 rings (SSSR count). The number of benzene rings is 2. The molecule has 2 aromatic carbocycles. The van der Waals surface area contributed by atoms with Gasteiger partial charge in [-0.1, -0.05) is 36.4 Å². The molecule has 0 aliphatic carbocycles. The number of carbonyl (C=O) groups excluding carboxylic acids is 2. The van der Waals surface area contributed by atoms with Gasteiger partial charge >= 0.3 is 5.97 Å². The fourth-order valence-electron chi connectivity index (χ4n) is 6.21. The number of nitriles is 1. The van der Waals surface area contributed by atoms with E-state index >= 15 is 0 Å². The molecule has 2 aromatic heterocycles. The smallest absolute Gasteiger partial charge is 0.325 e. The van der Waals surface area contributed by atoms with Gasteiger partial charge in [0.2, 0.25) is 11.8 Å². The number of amides is 2. The molecule has 39 heavy (non-hydrogen) atoms. The van der Waals surface area contributed by atoms with Crippen LogP contribution in [-0.2, 0) is 27.2 Å². The van der Waals surface area contributed by atoms with Crippen molar-refractivity contribution in [3.63, 3.8) is 0 Å². The number of aromatic amines is 1. The van der Waals surface area contributed by atoms with Crippen LogP contribution in [0.25, 0.3) is 10.9 Å². The summed E-state index contributed by atoms with van der Waals surface area (Å²) in [7, 11) is 0. The van der Waals surface area contributed by atoms with Gasteiger partial charge in [-0.3, -0.25) is 24.6 Å². The lowest BCUT2D eigenvalue weighted by molar-refractivity contribution is -0.151. The molecule has 3 N–H and O–H groups in total. The summed E-state index contributed by atoms with van der Waals surface area (Å²) in [4.78, 5) is 50.7. The first kappa shape index (κ1) is 25.0. The molecular weight excluding hydrogens is 514 g/mol. The van der Waals surface area contributed by atoms with Crippen LogP contribution >= 0.6 is 11.3 Å². The number of para-hydroxylation sites is 1. The van der Waals surface area contributed by atoms with E-state index in [0.717, 1.165) is 27.0 Å². The van der Waals surface area contributed by atoms with Crippen molar-refractivity contribution >= 4 is 40.0 Å².